The summed E-state index contributed by atoms with van der Waals surface area (Å²) in [5.41, 5.74) is 1.90. The first-order valence-electron chi connectivity index (χ1n) is 9.26. The van der Waals surface area contributed by atoms with Crippen molar-refractivity contribution in [3.05, 3.63) is 54.1 Å². The number of para-hydroxylation sites is 2. The quantitative estimate of drug-likeness (QED) is 0.818. The molecule has 0 saturated carbocycles. The average molecular weight is 369 g/mol. The molecule has 1 amide bonds. The molecule has 1 saturated heterocycles. The average Bonchev–Trinajstić information content (AvgIpc) is 2.72. The van der Waals surface area contributed by atoms with Crippen molar-refractivity contribution in [1.29, 1.82) is 0 Å². The number of nitrogens with one attached hydrogen (secondary N) is 1. The number of methoxy groups -OCH3 is 1. The number of nitrogens with zero attached hydrogens (tertiary/aromatic N) is 2. The Bertz CT molecular complexity index is 756. The molecule has 1 heterocycles. The Kier molecular flexibility index (Phi) is 6.19. The predicted octanol–water partition coefficient (Wildman–Crippen LogP) is 2.23. The summed E-state index contributed by atoms with van der Waals surface area (Å²) in [5.74, 6) is 1.14. The fourth-order valence-electron chi connectivity index (χ4n) is 3.33. The number of hydrogen-bond donors (Lipinski definition) is 2. The zero-order valence-corrected chi connectivity index (χ0v) is 15.9. The van der Waals surface area contributed by atoms with Gasteiger partial charge in [0.2, 0.25) is 5.91 Å². The van der Waals surface area contributed by atoms with E-state index in [1.165, 1.54) is 0 Å². The van der Waals surface area contributed by atoms with E-state index in [0.717, 1.165) is 43.2 Å². The minimum absolute atomic E-state index is 0.0295. The lowest BCUT2D eigenvalue weighted by atomic mass is 10.1. The smallest absolute Gasteiger partial charge is 0.237 e. The fraction of sp³-hybridized carbons (Fsp3) is 0.381. The molecule has 1 aliphatic heterocycles. The van der Waals surface area contributed by atoms with E-state index in [1.807, 2.05) is 49.4 Å². The zero-order valence-electron chi connectivity index (χ0n) is 15.9. The molecule has 6 heteroatoms. The molecule has 0 bridgehead atoms. The van der Waals surface area contributed by atoms with Gasteiger partial charge in [-0.15, -0.1) is 0 Å². The van der Waals surface area contributed by atoms with Gasteiger partial charge in [-0.2, -0.15) is 0 Å². The Balaban J connectivity index is 1.48. The van der Waals surface area contributed by atoms with Crippen molar-refractivity contribution >= 4 is 11.6 Å². The van der Waals surface area contributed by atoms with Gasteiger partial charge in [0.05, 0.1) is 18.8 Å². The number of rotatable bonds is 6. The summed E-state index contributed by atoms with van der Waals surface area (Å²) in [7, 11) is 1.64. The number of phenols is 1. The number of carbonyl (C=O) groups excluding carboxylic acids is 1. The molecule has 1 fully saturated rings. The molecule has 0 aliphatic carbocycles. The highest BCUT2D eigenvalue weighted by Crippen LogP contribution is 2.27. The molecule has 0 unspecified atom stereocenters. The van der Waals surface area contributed by atoms with Crippen LogP contribution in [0, 0.1) is 0 Å². The van der Waals surface area contributed by atoms with Crippen molar-refractivity contribution in [1.82, 2.24) is 10.2 Å². The highest BCUT2D eigenvalue weighted by atomic mass is 16.5. The number of phenolic OH excluding ortho intramolecular Hbond substituents is 1. The van der Waals surface area contributed by atoms with E-state index in [2.05, 4.69) is 15.1 Å². The summed E-state index contributed by atoms with van der Waals surface area (Å²) in [6, 6.07) is 14.9. The molecule has 0 spiro atoms. The highest BCUT2D eigenvalue weighted by Gasteiger charge is 2.26. The van der Waals surface area contributed by atoms with Gasteiger partial charge in [0.15, 0.2) is 0 Å². The molecule has 6 nitrogen and oxygen atoms in total. The second kappa shape index (κ2) is 8.77. The molecule has 2 aromatic rings. The lowest BCUT2D eigenvalue weighted by molar-refractivity contribution is -0.126. The van der Waals surface area contributed by atoms with Gasteiger partial charge in [0, 0.05) is 32.7 Å². The summed E-state index contributed by atoms with van der Waals surface area (Å²) in [5, 5.41) is 13.0. The normalized spacial score (nSPS) is 16.0. The third-order valence-corrected chi connectivity index (χ3v) is 5.09. The minimum atomic E-state index is -0.185. The van der Waals surface area contributed by atoms with E-state index < -0.39 is 0 Å². The molecule has 2 aromatic carbocycles. The summed E-state index contributed by atoms with van der Waals surface area (Å²) in [4.78, 5) is 16.9. The molecule has 0 radical (unpaired) electrons. The second-order valence-corrected chi connectivity index (χ2v) is 6.75. The van der Waals surface area contributed by atoms with Crippen molar-refractivity contribution in [3.8, 4) is 11.5 Å². The van der Waals surface area contributed by atoms with Crippen molar-refractivity contribution in [3.63, 3.8) is 0 Å². The highest BCUT2D eigenvalue weighted by molar-refractivity contribution is 5.81. The van der Waals surface area contributed by atoms with Gasteiger partial charge in [-0.1, -0.05) is 24.3 Å². The van der Waals surface area contributed by atoms with Crippen LogP contribution in [0.2, 0.25) is 0 Å². The Hall–Kier alpha value is -2.73. The lowest BCUT2D eigenvalue weighted by Gasteiger charge is -2.38. The monoisotopic (exact) mass is 369 g/mol. The minimum Gasteiger partial charge on any atom is -0.506 e. The van der Waals surface area contributed by atoms with Gasteiger partial charge in [0.25, 0.3) is 0 Å². The molecule has 1 aliphatic rings. The van der Waals surface area contributed by atoms with E-state index in [-0.39, 0.29) is 11.9 Å². The van der Waals surface area contributed by atoms with Crippen LogP contribution < -0.4 is 15.0 Å². The summed E-state index contributed by atoms with van der Waals surface area (Å²) in [6.07, 6.45) is 0. The third kappa shape index (κ3) is 4.71. The number of piperazine rings is 1. The molecule has 3 rings (SSSR count). The van der Waals surface area contributed by atoms with Crippen molar-refractivity contribution in [2.75, 3.05) is 38.2 Å². The first-order chi connectivity index (χ1) is 13.1. The van der Waals surface area contributed by atoms with Crippen LogP contribution in [0.5, 0.6) is 11.5 Å². The predicted molar refractivity (Wildman–Crippen MR) is 106 cm³/mol. The van der Waals surface area contributed by atoms with Crippen molar-refractivity contribution in [2.24, 2.45) is 0 Å². The molecular formula is C21H27N3O3. The van der Waals surface area contributed by atoms with Crippen LogP contribution in [0.3, 0.4) is 0 Å². The second-order valence-electron chi connectivity index (χ2n) is 6.75. The lowest BCUT2D eigenvalue weighted by Crippen LogP contribution is -2.53. The van der Waals surface area contributed by atoms with Crippen molar-refractivity contribution < 1.29 is 14.6 Å². The SMILES string of the molecule is COc1ccc(CNC(=O)[C@H](C)N2CCN(c3ccccc3O)CC2)cc1. The van der Waals surface area contributed by atoms with Crippen LogP contribution in [-0.2, 0) is 11.3 Å². The van der Waals surface area contributed by atoms with E-state index in [4.69, 9.17) is 4.74 Å². The summed E-state index contributed by atoms with van der Waals surface area (Å²) in [6.45, 7) is 5.59. The maximum Gasteiger partial charge on any atom is 0.237 e. The van der Waals surface area contributed by atoms with Crippen LogP contribution in [0.15, 0.2) is 48.5 Å². The van der Waals surface area contributed by atoms with Gasteiger partial charge >= 0.3 is 0 Å². The van der Waals surface area contributed by atoms with Gasteiger partial charge in [-0.3, -0.25) is 9.69 Å². The first-order valence-corrected chi connectivity index (χ1v) is 9.26. The van der Waals surface area contributed by atoms with Gasteiger partial charge in [0.1, 0.15) is 11.5 Å². The van der Waals surface area contributed by atoms with Crippen LogP contribution in [0.4, 0.5) is 5.69 Å². The molecule has 2 N–H and O–H groups in total. The molecule has 1 atom stereocenters. The Morgan fingerprint density at radius 3 is 2.41 bits per heavy atom. The molecule has 27 heavy (non-hydrogen) atoms. The number of benzene rings is 2. The molecular weight excluding hydrogens is 342 g/mol. The zero-order chi connectivity index (χ0) is 19.2. The topological polar surface area (TPSA) is 65.0 Å². The number of hydrogen-bond acceptors (Lipinski definition) is 5. The number of ether oxygens (including phenoxy) is 1. The van der Waals surface area contributed by atoms with Crippen molar-refractivity contribution in [2.45, 2.75) is 19.5 Å². The number of anilines is 1. The Labute approximate surface area is 160 Å². The maximum absolute atomic E-state index is 12.5. The molecule has 144 valence electrons. The number of aromatic hydroxyl groups is 1. The Morgan fingerprint density at radius 2 is 1.78 bits per heavy atom. The van der Waals surface area contributed by atoms with E-state index >= 15 is 0 Å². The number of amides is 1. The Morgan fingerprint density at radius 1 is 1.11 bits per heavy atom. The summed E-state index contributed by atoms with van der Waals surface area (Å²) < 4.78 is 5.15. The van der Waals surface area contributed by atoms with Gasteiger partial charge in [-0.25, -0.2) is 0 Å². The number of carbonyl (C=O) groups is 1. The van der Waals surface area contributed by atoms with Gasteiger partial charge in [-0.05, 0) is 36.8 Å². The summed E-state index contributed by atoms with van der Waals surface area (Å²) >= 11 is 0. The largest absolute Gasteiger partial charge is 0.506 e. The van der Waals surface area contributed by atoms with Gasteiger partial charge < -0.3 is 20.1 Å². The molecule has 0 aromatic heterocycles. The fourth-order valence-corrected chi connectivity index (χ4v) is 3.33. The van der Waals surface area contributed by atoms with E-state index in [0.29, 0.717) is 12.3 Å². The van der Waals surface area contributed by atoms with Crippen LogP contribution >= 0.6 is 0 Å². The first kappa shape index (κ1) is 19.0. The van der Waals surface area contributed by atoms with Crippen LogP contribution in [-0.4, -0.2) is 55.2 Å². The standard InChI is InChI=1S/C21H27N3O3/c1-16(21(26)22-15-17-7-9-18(27-2)10-8-17)23-11-13-24(14-12-23)19-5-3-4-6-20(19)25/h3-10,16,25H,11-15H2,1-2H3,(H,22,26)/t16-/m0/s1. The van der Waals surface area contributed by atoms with Crippen LogP contribution in [0.25, 0.3) is 0 Å². The third-order valence-electron chi connectivity index (χ3n) is 5.09. The van der Waals surface area contributed by atoms with E-state index in [9.17, 15) is 9.90 Å². The van der Waals surface area contributed by atoms with Crippen LogP contribution in [0.1, 0.15) is 12.5 Å². The van der Waals surface area contributed by atoms with E-state index in [1.54, 1.807) is 13.2 Å². The maximum atomic E-state index is 12.5.